The Bertz CT molecular complexity index is 1230. The zero-order valence-electron chi connectivity index (χ0n) is 37.4. The van der Waals surface area contributed by atoms with Crippen molar-refractivity contribution < 1.29 is 44.2 Å². The number of esters is 1. The molecule has 0 aliphatic carbocycles. The fourth-order valence-electron chi connectivity index (χ4n) is 6.35. The molecule has 0 saturated carbocycles. The van der Waals surface area contributed by atoms with E-state index in [1.807, 2.05) is 0 Å². The number of hydrogen-bond donors (Lipinski definition) is 4. The second-order valence-electron chi connectivity index (χ2n) is 15.5. The Labute approximate surface area is 364 Å². The highest BCUT2D eigenvalue weighted by atomic mass is 16.7. The standard InChI is InChI=1S/C51H84O9/c1-3-5-7-9-11-13-15-17-18-19-20-21-22-23-24-25-26-27-29-31-33-35-37-39-41-57-43-45(44-58-51-50(56)49(55)48(54)46(42-52)60-51)59-47(53)40-38-36-34-32-30-28-16-14-12-10-8-6-4-2/h5,7-8,10-11,13-14,16-18,20-21,23-24,26-27,45-46,48-52,54-56H,3-4,6,9,12,15,19,22,25,28-44H2,1-2H3/b7-5-,10-8-,13-11-,16-14-,18-17-,21-20-,24-23-,27-26-. The minimum Gasteiger partial charge on any atom is -0.457 e. The molecule has 0 amide bonds. The van der Waals surface area contributed by atoms with Gasteiger partial charge in [0, 0.05) is 13.0 Å². The summed E-state index contributed by atoms with van der Waals surface area (Å²) in [5.74, 6) is -0.341. The molecule has 6 atom stereocenters. The van der Waals surface area contributed by atoms with E-state index in [9.17, 15) is 25.2 Å². The predicted octanol–water partition coefficient (Wildman–Crippen LogP) is 10.8. The number of aliphatic hydroxyl groups excluding tert-OH is 4. The Morgan fingerprint density at radius 2 is 1.02 bits per heavy atom. The molecule has 1 fully saturated rings. The molecule has 9 heteroatoms. The highest BCUT2D eigenvalue weighted by Crippen LogP contribution is 2.22. The monoisotopic (exact) mass is 841 g/mol. The number of carbonyl (C=O) groups is 1. The lowest BCUT2D eigenvalue weighted by Gasteiger charge is -2.39. The normalized spacial score (nSPS) is 20.9. The Morgan fingerprint density at radius 1 is 0.550 bits per heavy atom. The van der Waals surface area contributed by atoms with Gasteiger partial charge in [-0.05, 0) is 89.9 Å². The topological polar surface area (TPSA) is 135 Å². The van der Waals surface area contributed by atoms with Crippen molar-refractivity contribution in [2.24, 2.45) is 0 Å². The van der Waals surface area contributed by atoms with Gasteiger partial charge < -0.3 is 39.4 Å². The Morgan fingerprint density at radius 3 is 1.53 bits per heavy atom. The summed E-state index contributed by atoms with van der Waals surface area (Å²) in [5, 5.41) is 40.1. The molecular formula is C51H84O9. The maximum atomic E-state index is 12.8. The van der Waals surface area contributed by atoms with Gasteiger partial charge in [0.05, 0.1) is 19.8 Å². The Balaban J connectivity index is 2.26. The van der Waals surface area contributed by atoms with Crippen LogP contribution in [-0.2, 0) is 23.7 Å². The van der Waals surface area contributed by atoms with Crippen LogP contribution in [0.2, 0.25) is 0 Å². The zero-order valence-corrected chi connectivity index (χ0v) is 37.4. The van der Waals surface area contributed by atoms with Gasteiger partial charge in [0.25, 0.3) is 0 Å². The minimum absolute atomic E-state index is 0.119. The maximum absolute atomic E-state index is 12.8. The number of unbranched alkanes of at least 4 members (excludes halogenated alkanes) is 11. The average molecular weight is 841 g/mol. The maximum Gasteiger partial charge on any atom is 0.306 e. The van der Waals surface area contributed by atoms with Crippen LogP contribution >= 0.6 is 0 Å². The summed E-state index contributed by atoms with van der Waals surface area (Å²) >= 11 is 0. The summed E-state index contributed by atoms with van der Waals surface area (Å²) in [4.78, 5) is 12.8. The van der Waals surface area contributed by atoms with Gasteiger partial charge in [-0.1, -0.05) is 156 Å². The summed E-state index contributed by atoms with van der Waals surface area (Å²) in [5.41, 5.74) is 0. The molecule has 9 nitrogen and oxygen atoms in total. The first-order valence-electron chi connectivity index (χ1n) is 23.3. The van der Waals surface area contributed by atoms with Crippen molar-refractivity contribution in [1.29, 1.82) is 0 Å². The molecule has 1 heterocycles. The van der Waals surface area contributed by atoms with E-state index >= 15 is 0 Å². The van der Waals surface area contributed by atoms with Crippen molar-refractivity contribution in [1.82, 2.24) is 0 Å². The molecule has 1 saturated heterocycles. The molecule has 342 valence electrons. The lowest BCUT2D eigenvalue weighted by atomic mass is 9.99. The van der Waals surface area contributed by atoms with E-state index in [1.165, 1.54) is 6.42 Å². The lowest BCUT2D eigenvalue weighted by Crippen LogP contribution is -2.59. The molecule has 1 aliphatic rings. The fraction of sp³-hybridized carbons (Fsp3) is 0.667. The average Bonchev–Trinajstić information content (AvgIpc) is 3.25. The van der Waals surface area contributed by atoms with Gasteiger partial charge in [-0.25, -0.2) is 0 Å². The molecule has 6 unspecified atom stereocenters. The van der Waals surface area contributed by atoms with Gasteiger partial charge in [-0.15, -0.1) is 0 Å². The van der Waals surface area contributed by atoms with E-state index in [4.69, 9.17) is 18.9 Å². The molecule has 0 aromatic heterocycles. The van der Waals surface area contributed by atoms with Crippen molar-refractivity contribution in [2.75, 3.05) is 26.4 Å². The molecule has 0 aromatic carbocycles. The molecule has 4 N–H and O–H groups in total. The van der Waals surface area contributed by atoms with Crippen molar-refractivity contribution in [2.45, 2.75) is 192 Å². The van der Waals surface area contributed by atoms with Crippen LogP contribution in [0.15, 0.2) is 97.2 Å². The number of allylic oxidation sites excluding steroid dienone is 16. The molecule has 1 rings (SSSR count). The van der Waals surface area contributed by atoms with E-state index in [2.05, 4.69) is 111 Å². The highest BCUT2D eigenvalue weighted by Gasteiger charge is 2.44. The highest BCUT2D eigenvalue weighted by molar-refractivity contribution is 5.69. The van der Waals surface area contributed by atoms with Crippen LogP contribution in [0.25, 0.3) is 0 Å². The van der Waals surface area contributed by atoms with Gasteiger partial charge in [-0.2, -0.15) is 0 Å². The SMILES string of the molecule is CC/C=C\C/C=C\C/C=C\C/C=C\C/C=C\C/C=C\CCCCCCCOCC(COC1OC(CO)C(O)C(O)C1O)OC(=O)CCCCCCC/C=C\C/C=C\CCC. The summed E-state index contributed by atoms with van der Waals surface area (Å²) in [6, 6.07) is 0. The van der Waals surface area contributed by atoms with Crippen molar-refractivity contribution >= 4 is 5.97 Å². The molecular weight excluding hydrogens is 757 g/mol. The number of carbonyl (C=O) groups excluding carboxylic acids is 1. The number of rotatable bonds is 38. The Hall–Kier alpha value is -2.89. The molecule has 0 radical (unpaired) electrons. The number of aliphatic hydroxyl groups is 4. The molecule has 1 aliphatic heterocycles. The second-order valence-corrected chi connectivity index (χ2v) is 15.5. The molecule has 0 spiro atoms. The molecule has 60 heavy (non-hydrogen) atoms. The molecule has 0 aromatic rings. The van der Waals surface area contributed by atoms with Crippen molar-refractivity contribution in [3.05, 3.63) is 97.2 Å². The van der Waals surface area contributed by atoms with Crippen LogP contribution in [-0.4, -0.2) is 89.6 Å². The smallest absolute Gasteiger partial charge is 0.306 e. The van der Waals surface area contributed by atoms with E-state index < -0.39 is 43.4 Å². The zero-order chi connectivity index (χ0) is 43.6. The van der Waals surface area contributed by atoms with Crippen LogP contribution in [0.3, 0.4) is 0 Å². The summed E-state index contributed by atoms with van der Waals surface area (Å²) in [7, 11) is 0. The number of hydrogen-bond acceptors (Lipinski definition) is 9. The first-order chi connectivity index (χ1) is 29.4. The van der Waals surface area contributed by atoms with Crippen LogP contribution in [0.1, 0.15) is 155 Å². The first kappa shape index (κ1) is 55.1. The lowest BCUT2D eigenvalue weighted by molar-refractivity contribution is -0.305. The quantitative estimate of drug-likeness (QED) is 0.0272. The number of ether oxygens (including phenoxy) is 4. The van der Waals surface area contributed by atoms with Crippen LogP contribution in [0.5, 0.6) is 0 Å². The Kier molecular flexibility index (Phi) is 38.1. The van der Waals surface area contributed by atoms with E-state index in [-0.39, 0.29) is 19.2 Å². The first-order valence-corrected chi connectivity index (χ1v) is 23.3. The van der Waals surface area contributed by atoms with Gasteiger partial charge in [0.1, 0.15) is 30.5 Å². The summed E-state index contributed by atoms with van der Waals surface area (Å²) in [6.07, 6.45) is 50.1. The van der Waals surface area contributed by atoms with Gasteiger partial charge >= 0.3 is 5.97 Å². The van der Waals surface area contributed by atoms with Crippen molar-refractivity contribution in [3.8, 4) is 0 Å². The van der Waals surface area contributed by atoms with Crippen LogP contribution in [0.4, 0.5) is 0 Å². The minimum atomic E-state index is -1.55. The fourth-order valence-corrected chi connectivity index (χ4v) is 6.35. The van der Waals surface area contributed by atoms with Crippen LogP contribution in [0, 0.1) is 0 Å². The van der Waals surface area contributed by atoms with Gasteiger partial charge in [0.15, 0.2) is 6.29 Å². The summed E-state index contributed by atoms with van der Waals surface area (Å²) in [6.45, 7) is 4.29. The molecule has 0 bridgehead atoms. The third-order valence-corrected chi connectivity index (χ3v) is 9.97. The van der Waals surface area contributed by atoms with Crippen LogP contribution < -0.4 is 0 Å². The van der Waals surface area contributed by atoms with Gasteiger partial charge in [-0.3, -0.25) is 4.79 Å². The van der Waals surface area contributed by atoms with Crippen molar-refractivity contribution in [3.63, 3.8) is 0 Å². The third kappa shape index (κ3) is 31.9. The third-order valence-electron chi connectivity index (χ3n) is 9.97. The van der Waals surface area contributed by atoms with Gasteiger partial charge in [0.2, 0.25) is 0 Å². The largest absolute Gasteiger partial charge is 0.457 e. The van der Waals surface area contributed by atoms with E-state index in [0.717, 1.165) is 128 Å². The second kappa shape index (κ2) is 41.5. The van der Waals surface area contributed by atoms with E-state index in [0.29, 0.717) is 13.0 Å². The summed E-state index contributed by atoms with van der Waals surface area (Å²) < 4.78 is 22.8. The van der Waals surface area contributed by atoms with E-state index in [1.54, 1.807) is 0 Å². The predicted molar refractivity (Wildman–Crippen MR) is 246 cm³/mol.